The Hall–Kier alpha value is -0.770. The third-order valence-corrected chi connectivity index (χ3v) is 3.27. The molecule has 1 aliphatic heterocycles. The summed E-state index contributed by atoms with van der Waals surface area (Å²) in [5.41, 5.74) is 1.10. The molecule has 1 fully saturated rings. The summed E-state index contributed by atoms with van der Waals surface area (Å²) in [4.78, 5) is 0. The van der Waals surface area contributed by atoms with Crippen molar-refractivity contribution in [2.45, 2.75) is 32.4 Å². The molecule has 1 aromatic carbocycles. The van der Waals surface area contributed by atoms with Crippen LogP contribution in [0.1, 0.15) is 25.3 Å². The lowest BCUT2D eigenvalue weighted by molar-refractivity contribution is 0.110. The largest absolute Gasteiger partial charge is 0.494 e. The van der Waals surface area contributed by atoms with Gasteiger partial charge in [-0.3, -0.25) is 0 Å². The van der Waals surface area contributed by atoms with E-state index in [1.807, 2.05) is 25.1 Å². The van der Waals surface area contributed by atoms with Crippen molar-refractivity contribution in [1.29, 1.82) is 0 Å². The van der Waals surface area contributed by atoms with Gasteiger partial charge in [0.05, 0.1) is 12.7 Å². The fraction of sp³-hybridized carbons (Fsp3) is 0.571. The van der Waals surface area contributed by atoms with Gasteiger partial charge in [-0.05, 0) is 38.0 Å². The predicted octanol–water partition coefficient (Wildman–Crippen LogP) is 3.01. The summed E-state index contributed by atoms with van der Waals surface area (Å²) in [5.74, 6) is 0.904. The van der Waals surface area contributed by atoms with E-state index in [2.05, 4.69) is 5.32 Å². The van der Waals surface area contributed by atoms with Gasteiger partial charge in [0.2, 0.25) is 0 Å². The SMILES string of the molecule is CCOc1ccc(Cl)cc1CNC[C@@H]1CCCO1. The Labute approximate surface area is 113 Å². The Morgan fingerprint density at radius 3 is 3.11 bits per heavy atom. The quantitative estimate of drug-likeness (QED) is 0.861. The first kappa shape index (κ1) is 13.7. The third-order valence-electron chi connectivity index (χ3n) is 3.03. The van der Waals surface area contributed by atoms with Crippen LogP contribution in [0, 0.1) is 0 Å². The van der Waals surface area contributed by atoms with E-state index in [0.717, 1.165) is 42.5 Å². The summed E-state index contributed by atoms with van der Waals surface area (Å²) in [6.07, 6.45) is 2.69. The predicted molar refractivity (Wildman–Crippen MR) is 73.3 cm³/mol. The van der Waals surface area contributed by atoms with Crippen LogP contribution in [-0.2, 0) is 11.3 Å². The van der Waals surface area contributed by atoms with Gasteiger partial charge in [-0.1, -0.05) is 11.6 Å². The molecule has 1 aromatic rings. The van der Waals surface area contributed by atoms with E-state index in [1.54, 1.807) is 0 Å². The maximum absolute atomic E-state index is 6.01. The summed E-state index contributed by atoms with van der Waals surface area (Å²) in [6.45, 7) is 5.19. The molecule has 1 heterocycles. The van der Waals surface area contributed by atoms with Crippen LogP contribution in [0.2, 0.25) is 5.02 Å². The molecule has 0 bridgehead atoms. The molecule has 1 atom stereocenters. The van der Waals surface area contributed by atoms with Crippen molar-refractivity contribution in [3.05, 3.63) is 28.8 Å². The molecular formula is C14H20ClNO2. The van der Waals surface area contributed by atoms with E-state index >= 15 is 0 Å². The van der Waals surface area contributed by atoms with Gasteiger partial charge < -0.3 is 14.8 Å². The fourth-order valence-electron chi connectivity index (χ4n) is 2.16. The summed E-state index contributed by atoms with van der Waals surface area (Å²) >= 11 is 6.01. The van der Waals surface area contributed by atoms with E-state index in [4.69, 9.17) is 21.1 Å². The average Bonchev–Trinajstić information content (AvgIpc) is 2.86. The van der Waals surface area contributed by atoms with E-state index in [-0.39, 0.29) is 0 Å². The first-order chi connectivity index (χ1) is 8.79. The molecule has 18 heavy (non-hydrogen) atoms. The highest BCUT2D eigenvalue weighted by molar-refractivity contribution is 6.30. The van der Waals surface area contributed by atoms with E-state index in [9.17, 15) is 0 Å². The maximum atomic E-state index is 6.01. The van der Waals surface area contributed by atoms with Crippen LogP contribution in [0.5, 0.6) is 5.75 Å². The molecule has 0 aromatic heterocycles. The Balaban J connectivity index is 1.88. The summed E-state index contributed by atoms with van der Waals surface area (Å²) in [6, 6.07) is 5.74. The normalized spacial score (nSPS) is 19.1. The zero-order valence-corrected chi connectivity index (χ0v) is 11.5. The van der Waals surface area contributed by atoms with Gasteiger partial charge in [0.15, 0.2) is 0 Å². The minimum absolute atomic E-state index is 0.361. The first-order valence-corrected chi connectivity index (χ1v) is 6.91. The molecule has 0 saturated carbocycles. The Bertz CT molecular complexity index is 378. The van der Waals surface area contributed by atoms with E-state index in [1.165, 1.54) is 6.42 Å². The lowest BCUT2D eigenvalue weighted by Crippen LogP contribution is -2.26. The second-order valence-electron chi connectivity index (χ2n) is 4.45. The number of benzene rings is 1. The minimum Gasteiger partial charge on any atom is -0.494 e. The van der Waals surface area contributed by atoms with Gasteiger partial charge in [-0.25, -0.2) is 0 Å². The third kappa shape index (κ3) is 3.87. The van der Waals surface area contributed by atoms with Gasteiger partial charge in [0, 0.05) is 30.3 Å². The highest BCUT2D eigenvalue weighted by Crippen LogP contribution is 2.23. The number of rotatable bonds is 6. The van der Waals surface area contributed by atoms with Crippen LogP contribution in [-0.4, -0.2) is 25.9 Å². The standard InChI is InChI=1S/C14H20ClNO2/c1-2-17-14-6-5-12(15)8-11(14)9-16-10-13-4-3-7-18-13/h5-6,8,13,16H,2-4,7,9-10H2,1H3/t13-/m0/s1. The second kappa shape index (κ2) is 6.98. The van der Waals surface area contributed by atoms with Crippen LogP contribution in [0.3, 0.4) is 0 Å². The number of halogens is 1. The first-order valence-electron chi connectivity index (χ1n) is 6.53. The van der Waals surface area contributed by atoms with Crippen molar-refractivity contribution < 1.29 is 9.47 Å². The zero-order chi connectivity index (χ0) is 12.8. The molecule has 0 amide bonds. The van der Waals surface area contributed by atoms with Gasteiger partial charge >= 0.3 is 0 Å². The molecule has 0 aliphatic carbocycles. The van der Waals surface area contributed by atoms with Crippen LogP contribution < -0.4 is 10.1 Å². The summed E-state index contributed by atoms with van der Waals surface area (Å²) in [7, 11) is 0. The molecule has 100 valence electrons. The second-order valence-corrected chi connectivity index (χ2v) is 4.89. The van der Waals surface area contributed by atoms with Gasteiger partial charge in [-0.15, -0.1) is 0 Å². The van der Waals surface area contributed by atoms with E-state index < -0.39 is 0 Å². The summed E-state index contributed by atoms with van der Waals surface area (Å²) < 4.78 is 11.2. The Morgan fingerprint density at radius 1 is 1.50 bits per heavy atom. The molecule has 2 rings (SSSR count). The van der Waals surface area contributed by atoms with Crippen LogP contribution in [0.25, 0.3) is 0 Å². The number of hydrogen-bond acceptors (Lipinski definition) is 3. The smallest absolute Gasteiger partial charge is 0.123 e. The van der Waals surface area contributed by atoms with E-state index in [0.29, 0.717) is 12.7 Å². The number of hydrogen-bond donors (Lipinski definition) is 1. The lowest BCUT2D eigenvalue weighted by atomic mass is 10.2. The molecule has 3 nitrogen and oxygen atoms in total. The van der Waals surface area contributed by atoms with Crippen molar-refractivity contribution in [2.75, 3.05) is 19.8 Å². The minimum atomic E-state index is 0.361. The van der Waals surface area contributed by atoms with Crippen molar-refractivity contribution in [3.8, 4) is 5.75 Å². The van der Waals surface area contributed by atoms with Crippen molar-refractivity contribution in [2.24, 2.45) is 0 Å². The lowest BCUT2D eigenvalue weighted by Gasteiger charge is -2.13. The zero-order valence-electron chi connectivity index (χ0n) is 10.7. The van der Waals surface area contributed by atoms with Gasteiger partial charge in [0.25, 0.3) is 0 Å². The Morgan fingerprint density at radius 2 is 2.39 bits per heavy atom. The fourth-order valence-corrected chi connectivity index (χ4v) is 2.35. The molecule has 0 spiro atoms. The Kier molecular flexibility index (Phi) is 5.29. The van der Waals surface area contributed by atoms with Gasteiger partial charge in [0.1, 0.15) is 5.75 Å². The van der Waals surface area contributed by atoms with Crippen molar-refractivity contribution in [3.63, 3.8) is 0 Å². The molecule has 1 aliphatic rings. The van der Waals surface area contributed by atoms with Crippen molar-refractivity contribution >= 4 is 11.6 Å². The number of nitrogens with one attached hydrogen (secondary N) is 1. The van der Waals surface area contributed by atoms with Crippen LogP contribution >= 0.6 is 11.6 Å². The summed E-state index contributed by atoms with van der Waals surface area (Å²) in [5, 5.41) is 4.15. The molecular weight excluding hydrogens is 250 g/mol. The number of ether oxygens (including phenoxy) is 2. The topological polar surface area (TPSA) is 30.5 Å². The highest BCUT2D eigenvalue weighted by Gasteiger charge is 2.14. The molecule has 1 saturated heterocycles. The van der Waals surface area contributed by atoms with Crippen molar-refractivity contribution in [1.82, 2.24) is 5.32 Å². The highest BCUT2D eigenvalue weighted by atomic mass is 35.5. The molecule has 0 radical (unpaired) electrons. The monoisotopic (exact) mass is 269 g/mol. The maximum Gasteiger partial charge on any atom is 0.123 e. The van der Waals surface area contributed by atoms with Crippen LogP contribution in [0.15, 0.2) is 18.2 Å². The molecule has 1 N–H and O–H groups in total. The molecule has 4 heteroatoms. The average molecular weight is 270 g/mol. The molecule has 0 unspecified atom stereocenters. The van der Waals surface area contributed by atoms with Crippen LogP contribution in [0.4, 0.5) is 0 Å². The van der Waals surface area contributed by atoms with Gasteiger partial charge in [-0.2, -0.15) is 0 Å².